The zero-order valence-corrected chi connectivity index (χ0v) is 12.4. The highest BCUT2D eigenvalue weighted by atomic mass is 35.5. The van der Waals surface area contributed by atoms with Crippen molar-refractivity contribution in [2.75, 3.05) is 13.2 Å². The molecule has 0 aliphatic heterocycles. The lowest BCUT2D eigenvalue weighted by atomic mass is 10.1. The van der Waals surface area contributed by atoms with Crippen LogP contribution in [0, 0.1) is 6.92 Å². The van der Waals surface area contributed by atoms with Crippen LogP contribution < -0.4 is 0 Å². The molecule has 1 fully saturated rings. The fourth-order valence-corrected chi connectivity index (χ4v) is 2.35. The summed E-state index contributed by atoms with van der Waals surface area (Å²) >= 11 is 5.90. The Bertz CT molecular complexity index is 526. The van der Waals surface area contributed by atoms with E-state index in [1.54, 1.807) is 30.0 Å². The van der Waals surface area contributed by atoms with Gasteiger partial charge >= 0.3 is 5.97 Å². The Morgan fingerprint density at radius 1 is 1.40 bits per heavy atom. The van der Waals surface area contributed by atoms with Gasteiger partial charge in [0.25, 0.3) is 5.91 Å². The van der Waals surface area contributed by atoms with E-state index in [1.165, 1.54) is 0 Å². The number of nitrogens with zero attached hydrogens (tertiary/aromatic N) is 1. The van der Waals surface area contributed by atoms with Gasteiger partial charge in [-0.3, -0.25) is 9.59 Å². The molecule has 0 N–H and O–H groups in total. The Hall–Kier alpha value is -1.55. The smallest absolute Gasteiger partial charge is 0.325 e. The predicted octanol–water partition coefficient (Wildman–Crippen LogP) is 2.82. The highest BCUT2D eigenvalue weighted by Gasteiger charge is 2.35. The van der Waals surface area contributed by atoms with E-state index in [4.69, 9.17) is 16.3 Å². The highest BCUT2D eigenvalue weighted by molar-refractivity contribution is 6.30. The molecule has 1 aliphatic carbocycles. The van der Waals surface area contributed by atoms with E-state index in [9.17, 15) is 9.59 Å². The number of benzene rings is 1. The summed E-state index contributed by atoms with van der Waals surface area (Å²) in [7, 11) is 0. The maximum Gasteiger partial charge on any atom is 0.325 e. The fraction of sp³-hybridized carbons (Fsp3) is 0.467. The maximum atomic E-state index is 12.6. The minimum absolute atomic E-state index is 0.0133. The molecule has 1 amide bonds. The molecule has 0 atom stereocenters. The van der Waals surface area contributed by atoms with Crippen LogP contribution in [0.2, 0.25) is 5.02 Å². The molecule has 1 aliphatic rings. The van der Waals surface area contributed by atoms with Crippen molar-refractivity contribution in [1.82, 2.24) is 4.90 Å². The first-order valence-corrected chi connectivity index (χ1v) is 7.13. The number of hydrogen-bond acceptors (Lipinski definition) is 3. The number of amides is 1. The summed E-state index contributed by atoms with van der Waals surface area (Å²) in [6, 6.07) is 5.31. The highest BCUT2D eigenvalue weighted by Crippen LogP contribution is 2.29. The number of carbonyl (C=O) groups excluding carboxylic acids is 2. The second-order valence-electron chi connectivity index (χ2n) is 4.93. The van der Waals surface area contributed by atoms with Crippen LogP contribution in [-0.4, -0.2) is 36.0 Å². The second kappa shape index (κ2) is 6.27. The Balaban J connectivity index is 2.16. The molecule has 1 aromatic carbocycles. The van der Waals surface area contributed by atoms with Crippen molar-refractivity contribution in [3.8, 4) is 0 Å². The molecule has 2 rings (SSSR count). The van der Waals surface area contributed by atoms with Crippen LogP contribution in [-0.2, 0) is 9.53 Å². The number of halogens is 1. The van der Waals surface area contributed by atoms with Gasteiger partial charge in [-0.15, -0.1) is 0 Å². The van der Waals surface area contributed by atoms with Gasteiger partial charge in [-0.05, 0) is 50.5 Å². The lowest BCUT2D eigenvalue weighted by Gasteiger charge is -2.22. The lowest BCUT2D eigenvalue weighted by molar-refractivity contribution is -0.144. The number of carbonyl (C=O) groups is 2. The third-order valence-electron chi connectivity index (χ3n) is 3.27. The molecule has 0 bridgehead atoms. The molecule has 108 valence electrons. The van der Waals surface area contributed by atoms with E-state index in [2.05, 4.69) is 0 Å². The standard InChI is InChI=1S/C15H18ClNO3/c1-3-20-14(18)9-17(12-5-6-12)15(19)13-7-4-11(16)8-10(13)2/h4,7-8,12H,3,5-6,9H2,1-2H3. The second-order valence-corrected chi connectivity index (χ2v) is 5.36. The quantitative estimate of drug-likeness (QED) is 0.785. The molecule has 20 heavy (non-hydrogen) atoms. The van der Waals surface area contributed by atoms with Crippen LogP contribution in [0.15, 0.2) is 18.2 Å². The van der Waals surface area contributed by atoms with Crippen molar-refractivity contribution in [3.05, 3.63) is 34.3 Å². The fourth-order valence-electron chi connectivity index (χ4n) is 2.12. The van der Waals surface area contributed by atoms with Crippen LogP contribution in [0.25, 0.3) is 0 Å². The monoisotopic (exact) mass is 295 g/mol. The first-order valence-electron chi connectivity index (χ1n) is 6.75. The van der Waals surface area contributed by atoms with Crippen molar-refractivity contribution in [3.63, 3.8) is 0 Å². The van der Waals surface area contributed by atoms with Gasteiger partial charge in [-0.2, -0.15) is 0 Å². The summed E-state index contributed by atoms with van der Waals surface area (Å²) < 4.78 is 4.93. The van der Waals surface area contributed by atoms with Crippen molar-refractivity contribution >= 4 is 23.5 Å². The largest absolute Gasteiger partial charge is 0.465 e. The van der Waals surface area contributed by atoms with Gasteiger partial charge in [-0.1, -0.05) is 11.6 Å². The van der Waals surface area contributed by atoms with Crippen LogP contribution in [0.5, 0.6) is 0 Å². The van der Waals surface area contributed by atoms with Crippen molar-refractivity contribution in [2.24, 2.45) is 0 Å². The molecule has 0 aromatic heterocycles. The molecule has 1 saturated carbocycles. The third-order valence-corrected chi connectivity index (χ3v) is 3.51. The van der Waals surface area contributed by atoms with E-state index in [0.717, 1.165) is 18.4 Å². The van der Waals surface area contributed by atoms with Crippen LogP contribution in [0.4, 0.5) is 0 Å². The molecule has 0 radical (unpaired) electrons. The molecule has 1 aromatic rings. The first kappa shape index (κ1) is 14.9. The Kier molecular flexibility index (Phi) is 4.65. The summed E-state index contributed by atoms with van der Waals surface area (Å²) in [4.78, 5) is 25.8. The number of ether oxygens (including phenoxy) is 1. The minimum Gasteiger partial charge on any atom is -0.465 e. The molecule has 0 heterocycles. The zero-order chi connectivity index (χ0) is 14.7. The predicted molar refractivity (Wildman–Crippen MR) is 76.9 cm³/mol. The molecular weight excluding hydrogens is 278 g/mol. The SMILES string of the molecule is CCOC(=O)CN(C(=O)c1ccc(Cl)cc1C)C1CC1. The van der Waals surface area contributed by atoms with Crippen LogP contribution in [0.3, 0.4) is 0 Å². The van der Waals surface area contributed by atoms with E-state index < -0.39 is 0 Å². The van der Waals surface area contributed by atoms with Gasteiger partial charge in [0.1, 0.15) is 6.54 Å². The van der Waals surface area contributed by atoms with Crippen molar-refractivity contribution in [2.45, 2.75) is 32.7 Å². The summed E-state index contributed by atoms with van der Waals surface area (Å²) in [6.07, 6.45) is 1.88. The minimum atomic E-state index is -0.362. The molecule has 4 nitrogen and oxygen atoms in total. The van der Waals surface area contributed by atoms with Crippen molar-refractivity contribution < 1.29 is 14.3 Å². The third kappa shape index (κ3) is 3.51. The topological polar surface area (TPSA) is 46.6 Å². The maximum absolute atomic E-state index is 12.6. The normalized spacial score (nSPS) is 13.9. The molecule has 5 heteroatoms. The summed E-state index contributed by atoms with van der Waals surface area (Å²) in [6.45, 7) is 3.93. The van der Waals surface area contributed by atoms with E-state index >= 15 is 0 Å². The average molecular weight is 296 g/mol. The molecule has 0 spiro atoms. The van der Waals surface area contributed by atoms with Crippen LogP contribution >= 0.6 is 11.6 Å². The first-order chi connectivity index (χ1) is 9.52. The van der Waals surface area contributed by atoms with E-state index in [-0.39, 0.29) is 24.5 Å². The lowest BCUT2D eigenvalue weighted by Crippen LogP contribution is -2.38. The zero-order valence-electron chi connectivity index (χ0n) is 11.7. The number of rotatable bonds is 5. The van der Waals surface area contributed by atoms with E-state index in [1.807, 2.05) is 6.92 Å². The van der Waals surface area contributed by atoms with Gasteiger partial charge in [-0.25, -0.2) is 0 Å². The van der Waals surface area contributed by atoms with Gasteiger partial charge < -0.3 is 9.64 Å². The number of hydrogen-bond donors (Lipinski definition) is 0. The average Bonchev–Trinajstić information content (AvgIpc) is 3.20. The summed E-state index contributed by atoms with van der Waals surface area (Å²) in [5.74, 6) is -0.492. The Morgan fingerprint density at radius 3 is 2.65 bits per heavy atom. The number of esters is 1. The Morgan fingerprint density at radius 2 is 2.10 bits per heavy atom. The van der Waals surface area contributed by atoms with Crippen molar-refractivity contribution in [1.29, 1.82) is 0 Å². The van der Waals surface area contributed by atoms with Gasteiger partial charge in [0, 0.05) is 16.6 Å². The molecule has 0 unspecified atom stereocenters. The summed E-state index contributed by atoms with van der Waals surface area (Å²) in [5.41, 5.74) is 1.41. The van der Waals surface area contributed by atoms with E-state index in [0.29, 0.717) is 17.2 Å². The van der Waals surface area contributed by atoms with Gasteiger partial charge in [0.2, 0.25) is 0 Å². The molecule has 0 saturated heterocycles. The number of aryl methyl sites for hydroxylation is 1. The Labute approximate surface area is 123 Å². The van der Waals surface area contributed by atoms with Gasteiger partial charge in [0.15, 0.2) is 0 Å². The molecular formula is C15H18ClNO3. The summed E-state index contributed by atoms with van der Waals surface area (Å²) in [5, 5.41) is 0.599. The van der Waals surface area contributed by atoms with Gasteiger partial charge in [0.05, 0.1) is 6.61 Å². The van der Waals surface area contributed by atoms with Crippen LogP contribution in [0.1, 0.15) is 35.7 Å².